The Morgan fingerprint density at radius 1 is 0.423 bits per heavy atom. The fourth-order valence-corrected chi connectivity index (χ4v) is 8.65. The van der Waals surface area contributed by atoms with Crippen LogP contribution in [0.2, 0.25) is 0 Å². The molecule has 9 unspecified atom stereocenters. The molecular formula is C44H60N4O30. The molecule has 20 atom stereocenters. The molecule has 0 radical (unpaired) electrons. The summed E-state index contributed by atoms with van der Waals surface area (Å²) in [5, 5.41) is 14.3. The Morgan fingerprint density at radius 2 is 0.731 bits per heavy atom. The maximum absolute atomic E-state index is 13.1. The van der Waals surface area contributed by atoms with Crippen LogP contribution in [0.25, 0.3) is 10.4 Å². The summed E-state index contributed by atoms with van der Waals surface area (Å²) in [6.07, 6.45) is -35.8. The van der Waals surface area contributed by atoms with Crippen LogP contribution in [-0.2, 0) is 133 Å². The second kappa shape index (κ2) is 28.5. The Morgan fingerprint density at radius 3 is 1.10 bits per heavy atom. The highest BCUT2D eigenvalue weighted by Crippen LogP contribution is 2.40. The summed E-state index contributed by atoms with van der Waals surface area (Å²) >= 11 is 0. The van der Waals surface area contributed by atoms with E-state index in [0.29, 0.717) is 0 Å². The molecule has 0 amide bonds. The van der Waals surface area contributed by atoms with Crippen molar-refractivity contribution in [2.24, 2.45) is 5.11 Å². The summed E-state index contributed by atoms with van der Waals surface area (Å²) < 4.78 is 98.7. The molecule has 4 rings (SSSR count). The van der Waals surface area contributed by atoms with Gasteiger partial charge in [-0.2, -0.15) is 0 Å². The molecule has 4 fully saturated rings. The van der Waals surface area contributed by atoms with Gasteiger partial charge in [-0.1, -0.05) is 5.11 Å². The molecule has 436 valence electrons. The first-order valence-corrected chi connectivity index (χ1v) is 23.6. The standard InChI is InChI=1S/C44H60N4O30/c1-15-30(65-19(5)51)35(68-22(8)54)38(71-25(11)57)42(63-15)76-34-29(46-47-45)41(78-48(59)60)73-27(13-61-17(3)49)32(34)75-44-40(37(70-24(10)56)33(67-21(7)53)28(74-44)14-62-18(4)50)77-43-39(72-26(12)58)36(69-23(9)55)31(16(2)64-43)66-20(6)52/h15-16,27-44H,13-14H2,1-12H3/t15?,16?,27?,28?,29?,30-,31-,32-,33+,34-,35?,36?,37+,38-,39-,40?,41+,42+,43?,44+/m1/s1. The summed E-state index contributed by atoms with van der Waals surface area (Å²) in [4.78, 5) is 146. The van der Waals surface area contributed by atoms with Crippen molar-refractivity contribution < 1.29 is 138 Å². The number of carbonyl (C=O) groups excluding carboxylic acids is 10. The highest BCUT2D eigenvalue weighted by atomic mass is 17.0. The second-order valence-electron chi connectivity index (χ2n) is 17.5. The molecule has 4 saturated heterocycles. The van der Waals surface area contributed by atoms with Crippen LogP contribution >= 0.6 is 0 Å². The lowest BCUT2D eigenvalue weighted by atomic mass is 9.94. The normalized spacial score (nSPS) is 34.3. The average Bonchev–Trinajstić information content (AvgIpc) is 3.29. The Hall–Kier alpha value is -7.07. The molecule has 0 aromatic carbocycles. The predicted molar refractivity (Wildman–Crippen MR) is 239 cm³/mol. The molecule has 0 aromatic rings. The van der Waals surface area contributed by atoms with Crippen molar-refractivity contribution in [3.8, 4) is 0 Å². The minimum Gasteiger partial charge on any atom is -0.463 e. The van der Waals surface area contributed by atoms with E-state index in [2.05, 4.69) is 10.0 Å². The maximum atomic E-state index is 13.1. The molecule has 4 aliphatic heterocycles. The van der Waals surface area contributed by atoms with Crippen LogP contribution in [-0.4, -0.2) is 201 Å². The molecule has 0 spiro atoms. The van der Waals surface area contributed by atoms with E-state index in [1.165, 1.54) is 13.8 Å². The molecule has 0 N–H and O–H groups in total. The summed E-state index contributed by atoms with van der Waals surface area (Å²) in [5.41, 5.74) is 9.97. The quantitative estimate of drug-likeness (QED) is 0.0267. The van der Waals surface area contributed by atoms with Gasteiger partial charge >= 0.3 is 59.7 Å². The van der Waals surface area contributed by atoms with Gasteiger partial charge in [0.1, 0.15) is 43.7 Å². The Balaban J connectivity index is 2.07. The van der Waals surface area contributed by atoms with Gasteiger partial charge in [0.15, 0.2) is 73.8 Å². The molecule has 34 nitrogen and oxygen atoms in total. The van der Waals surface area contributed by atoms with Gasteiger partial charge in [0.2, 0.25) is 6.29 Å². The lowest BCUT2D eigenvalue weighted by Crippen LogP contribution is -2.69. The fraction of sp³-hybridized carbons (Fsp3) is 0.773. The van der Waals surface area contributed by atoms with E-state index in [4.69, 9.17) is 85.4 Å². The van der Waals surface area contributed by atoms with Crippen molar-refractivity contribution in [3.05, 3.63) is 20.6 Å². The van der Waals surface area contributed by atoms with E-state index in [0.717, 1.165) is 69.2 Å². The molecule has 34 heteroatoms. The molecule has 0 aromatic heterocycles. The predicted octanol–water partition coefficient (Wildman–Crippen LogP) is -0.452. The fourth-order valence-electron chi connectivity index (χ4n) is 8.65. The Labute approximate surface area is 442 Å². The Bertz CT molecular complexity index is 2280. The van der Waals surface area contributed by atoms with Crippen LogP contribution < -0.4 is 0 Å². The second-order valence-corrected chi connectivity index (χ2v) is 17.5. The summed E-state index contributed by atoms with van der Waals surface area (Å²) in [6.45, 7) is 10.4. The number of esters is 10. The van der Waals surface area contributed by atoms with Gasteiger partial charge in [-0.3, -0.25) is 52.8 Å². The molecule has 4 aliphatic rings. The van der Waals surface area contributed by atoms with Crippen molar-refractivity contribution in [3.63, 3.8) is 0 Å². The number of hydrogen-bond donors (Lipinski definition) is 0. The first-order valence-electron chi connectivity index (χ1n) is 23.6. The van der Waals surface area contributed by atoms with Gasteiger partial charge < -0.3 is 80.5 Å². The smallest absolute Gasteiger partial charge is 0.303 e. The third-order valence-electron chi connectivity index (χ3n) is 11.2. The summed E-state index contributed by atoms with van der Waals surface area (Å²) in [7, 11) is 0. The first kappa shape index (κ1) is 63.5. The van der Waals surface area contributed by atoms with Crippen molar-refractivity contribution in [1.29, 1.82) is 0 Å². The molecule has 78 heavy (non-hydrogen) atoms. The van der Waals surface area contributed by atoms with Gasteiger partial charge in [-0.25, -0.2) is 0 Å². The third kappa shape index (κ3) is 17.7. The number of rotatable bonds is 21. The largest absolute Gasteiger partial charge is 0.463 e. The van der Waals surface area contributed by atoms with Crippen LogP contribution in [0, 0.1) is 10.1 Å². The zero-order valence-electron chi connectivity index (χ0n) is 44.0. The third-order valence-corrected chi connectivity index (χ3v) is 11.2. The van der Waals surface area contributed by atoms with Gasteiger partial charge in [-0.05, 0) is 19.4 Å². The zero-order valence-corrected chi connectivity index (χ0v) is 44.0. The van der Waals surface area contributed by atoms with Gasteiger partial charge in [0.25, 0.3) is 5.09 Å². The van der Waals surface area contributed by atoms with Gasteiger partial charge in [0, 0.05) is 74.1 Å². The van der Waals surface area contributed by atoms with Crippen molar-refractivity contribution in [1.82, 2.24) is 0 Å². The minimum atomic E-state index is -2.32. The number of nitrogens with zero attached hydrogens (tertiary/aromatic N) is 4. The van der Waals surface area contributed by atoms with Crippen LogP contribution in [0.5, 0.6) is 0 Å². The summed E-state index contributed by atoms with van der Waals surface area (Å²) in [6, 6.07) is -2.16. The van der Waals surface area contributed by atoms with E-state index < -0.39 is 201 Å². The topological polar surface area (TPSA) is 429 Å². The number of hydrogen-bond acceptors (Lipinski definition) is 31. The van der Waals surface area contributed by atoms with E-state index in [1.54, 1.807) is 0 Å². The zero-order chi connectivity index (χ0) is 58.5. The minimum absolute atomic E-state index is 0.833. The van der Waals surface area contributed by atoms with E-state index >= 15 is 0 Å². The van der Waals surface area contributed by atoms with E-state index in [-0.39, 0.29) is 0 Å². The summed E-state index contributed by atoms with van der Waals surface area (Å²) in [5.74, 6) is -10.0. The van der Waals surface area contributed by atoms with Gasteiger partial charge in [0.05, 0.1) is 12.2 Å². The average molecular weight is 1120 g/mol. The lowest BCUT2D eigenvalue weighted by molar-refractivity contribution is -0.783. The first-order chi connectivity index (χ1) is 36.5. The van der Waals surface area contributed by atoms with Crippen LogP contribution in [0.1, 0.15) is 83.1 Å². The molecule has 0 bridgehead atoms. The van der Waals surface area contributed by atoms with Crippen molar-refractivity contribution >= 4 is 59.7 Å². The number of ether oxygens (including phenoxy) is 17. The van der Waals surface area contributed by atoms with Gasteiger partial charge in [-0.15, -0.1) is 10.1 Å². The van der Waals surface area contributed by atoms with Crippen LogP contribution in [0.4, 0.5) is 0 Å². The van der Waals surface area contributed by atoms with Crippen LogP contribution in [0.15, 0.2) is 5.11 Å². The van der Waals surface area contributed by atoms with E-state index in [9.17, 15) is 63.6 Å². The molecular weight excluding hydrogens is 1060 g/mol. The lowest BCUT2D eigenvalue weighted by Gasteiger charge is -2.51. The van der Waals surface area contributed by atoms with Crippen molar-refractivity contribution in [2.45, 2.75) is 206 Å². The number of carbonyl (C=O) groups is 10. The number of azide groups is 1. The van der Waals surface area contributed by atoms with Crippen LogP contribution in [0.3, 0.4) is 0 Å². The van der Waals surface area contributed by atoms with E-state index in [1.807, 2.05) is 0 Å². The highest BCUT2D eigenvalue weighted by Gasteiger charge is 2.61. The molecule has 0 saturated carbocycles. The SMILES string of the molecule is CC(=O)OCC1O[C@@H](O[N+](=O)[O-])C(N=[N+]=[N-])[C@@H](O[C@@H]2OC(C)[C@@H](OC(C)=O)C(OC(C)=O)[C@H]2OC(C)=O)[C@@H]1O[C@@H]1OC(COC(C)=O)[C@H](OC(C)=O)[C@H](OC(C)=O)C1OC1OC(C)[C@@H](OC(C)=O)C(OC(C)=O)[C@H]1OC(C)=O. The monoisotopic (exact) mass is 1120 g/mol. The highest BCUT2D eigenvalue weighted by molar-refractivity contribution is 5.70. The maximum Gasteiger partial charge on any atom is 0.303 e. The molecule has 0 aliphatic carbocycles. The Kier molecular flexibility index (Phi) is 23.2. The van der Waals surface area contributed by atoms with Crippen molar-refractivity contribution in [2.75, 3.05) is 13.2 Å². The molecule has 4 heterocycles.